The Balaban J connectivity index is 1.47. The second kappa shape index (κ2) is 9.20. The number of nitrogens with zero attached hydrogens (tertiary/aromatic N) is 2. The van der Waals surface area contributed by atoms with Crippen LogP contribution >= 0.6 is 0 Å². The van der Waals surface area contributed by atoms with E-state index < -0.39 is 0 Å². The van der Waals surface area contributed by atoms with E-state index in [1.54, 1.807) is 7.11 Å². The summed E-state index contributed by atoms with van der Waals surface area (Å²) >= 11 is 0. The Morgan fingerprint density at radius 3 is 2.46 bits per heavy atom. The van der Waals surface area contributed by atoms with Crippen molar-refractivity contribution in [2.45, 2.75) is 70.6 Å². The van der Waals surface area contributed by atoms with Crippen LogP contribution in [0.2, 0.25) is 0 Å². The summed E-state index contributed by atoms with van der Waals surface area (Å²) in [5, 5.41) is 0. The molecule has 1 saturated carbocycles. The van der Waals surface area contributed by atoms with E-state index in [4.69, 9.17) is 4.74 Å². The largest absolute Gasteiger partial charge is 0.383 e. The fourth-order valence-corrected chi connectivity index (χ4v) is 5.09. The van der Waals surface area contributed by atoms with Crippen molar-refractivity contribution < 1.29 is 14.3 Å². The summed E-state index contributed by atoms with van der Waals surface area (Å²) in [7, 11) is 1.68. The quantitative estimate of drug-likeness (QED) is 0.752. The van der Waals surface area contributed by atoms with E-state index in [0.29, 0.717) is 31.4 Å². The predicted molar refractivity (Wildman–Crippen MR) is 102 cm³/mol. The van der Waals surface area contributed by atoms with Crippen molar-refractivity contribution >= 4 is 11.8 Å². The maximum atomic E-state index is 12.7. The molecule has 0 aromatic heterocycles. The number of rotatable bonds is 5. The molecule has 2 heterocycles. The summed E-state index contributed by atoms with van der Waals surface area (Å²) < 4.78 is 5.14. The van der Waals surface area contributed by atoms with E-state index in [2.05, 4.69) is 4.90 Å². The Hall–Kier alpha value is -1.10. The number of ether oxygens (including phenoxy) is 1. The van der Waals surface area contributed by atoms with Crippen molar-refractivity contribution in [1.29, 1.82) is 0 Å². The number of hydrogen-bond acceptors (Lipinski definition) is 3. The molecule has 3 fully saturated rings. The van der Waals surface area contributed by atoms with E-state index in [1.807, 2.05) is 4.90 Å². The van der Waals surface area contributed by atoms with Crippen LogP contribution in [0, 0.1) is 11.3 Å². The van der Waals surface area contributed by atoms with Crippen molar-refractivity contribution in [1.82, 2.24) is 9.80 Å². The molecule has 2 aliphatic heterocycles. The smallest absolute Gasteiger partial charge is 0.222 e. The van der Waals surface area contributed by atoms with Crippen LogP contribution in [-0.4, -0.2) is 61.5 Å². The lowest BCUT2D eigenvalue weighted by Gasteiger charge is -2.42. The summed E-state index contributed by atoms with van der Waals surface area (Å²) in [6, 6.07) is 0. The number of hydrogen-bond donors (Lipinski definition) is 0. The second-order valence-electron chi connectivity index (χ2n) is 8.71. The zero-order chi connectivity index (χ0) is 18.4. The maximum Gasteiger partial charge on any atom is 0.222 e. The van der Waals surface area contributed by atoms with Gasteiger partial charge in [0.1, 0.15) is 0 Å². The molecule has 26 heavy (non-hydrogen) atoms. The van der Waals surface area contributed by atoms with E-state index >= 15 is 0 Å². The summed E-state index contributed by atoms with van der Waals surface area (Å²) in [5.74, 6) is 1.27. The third-order valence-corrected chi connectivity index (χ3v) is 7.06. The minimum absolute atomic E-state index is 0.263. The molecule has 0 unspecified atom stereocenters. The van der Waals surface area contributed by atoms with E-state index in [1.165, 1.54) is 32.1 Å². The Kier molecular flexibility index (Phi) is 6.96. The van der Waals surface area contributed by atoms with E-state index in [-0.39, 0.29) is 11.3 Å². The first-order valence-corrected chi connectivity index (χ1v) is 10.7. The number of likely N-dealkylation sites (tertiary alicyclic amines) is 2. The van der Waals surface area contributed by atoms with Gasteiger partial charge >= 0.3 is 0 Å². The van der Waals surface area contributed by atoms with Gasteiger partial charge in [-0.2, -0.15) is 0 Å². The predicted octanol–water partition coefficient (Wildman–Crippen LogP) is 3.22. The standard InChI is InChI=1S/C21H36N2O3/c1-26-16-15-23-14-11-21(8-7-19(23)24)9-12-22(13-10-21)20(25)17-18-5-3-2-4-6-18/h18H,2-17H2,1H3. The third kappa shape index (κ3) is 4.99. The lowest BCUT2D eigenvalue weighted by Crippen LogP contribution is -2.44. The average molecular weight is 365 g/mol. The lowest BCUT2D eigenvalue weighted by atomic mass is 9.72. The van der Waals surface area contributed by atoms with Gasteiger partial charge in [0.05, 0.1) is 6.61 Å². The number of methoxy groups -OCH3 is 1. The van der Waals surface area contributed by atoms with Gasteiger partial charge in [0.25, 0.3) is 0 Å². The normalized spacial score (nSPS) is 24.7. The molecule has 2 saturated heterocycles. The highest BCUT2D eigenvalue weighted by molar-refractivity contribution is 5.77. The van der Waals surface area contributed by atoms with E-state index in [9.17, 15) is 9.59 Å². The Morgan fingerprint density at radius 2 is 1.77 bits per heavy atom. The molecule has 0 radical (unpaired) electrons. The minimum Gasteiger partial charge on any atom is -0.383 e. The van der Waals surface area contributed by atoms with Crippen LogP contribution in [0.1, 0.15) is 70.6 Å². The summed E-state index contributed by atoms with van der Waals surface area (Å²) in [4.78, 5) is 29.1. The summed E-state index contributed by atoms with van der Waals surface area (Å²) in [6.45, 7) is 3.94. The van der Waals surface area contributed by atoms with Gasteiger partial charge in [0.15, 0.2) is 0 Å². The molecule has 0 bridgehead atoms. The first-order chi connectivity index (χ1) is 12.6. The van der Waals surface area contributed by atoms with Crippen molar-refractivity contribution in [3.63, 3.8) is 0 Å². The molecular weight excluding hydrogens is 328 g/mol. The number of carbonyl (C=O) groups is 2. The lowest BCUT2D eigenvalue weighted by molar-refractivity contribution is -0.135. The van der Waals surface area contributed by atoms with E-state index in [0.717, 1.165) is 51.7 Å². The van der Waals surface area contributed by atoms with Gasteiger partial charge in [-0.1, -0.05) is 19.3 Å². The highest BCUT2D eigenvalue weighted by Crippen LogP contribution is 2.41. The Bertz CT molecular complexity index is 480. The molecule has 1 spiro atoms. The fourth-order valence-electron chi connectivity index (χ4n) is 5.09. The highest BCUT2D eigenvalue weighted by Gasteiger charge is 2.38. The Labute approximate surface area is 158 Å². The highest BCUT2D eigenvalue weighted by atomic mass is 16.5. The van der Waals surface area contributed by atoms with Gasteiger partial charge in [-0.05, 0) is 49.9 Å². The van der Waals surface area contributed by atoms with Gasteiger partial charge in [0.2, 0.25) is 11.8 Å². The molecule has 1 aliphatic carbocycles. The van der Waals surface area contributed by atoms with Crippen LogP contribution in [0.25, 0.3) is 0 Å². The van der Waals surface area contributed by atoms with Crippen LogP contribution in [0.5, 0.6) is 0 Å². The van der Waals surface area contributed by atoms with Crippen molar-refractivity contribution in [3.8, 4) is 0 Å². The topological polar surface area (TPSA) is 49.9 Å². The average Bonchev–Trinajstić information content (AvgIpc) is 2.81. The molecule has 3 aliphatic rings. The van der Waals surface area contributed by atoms with Gasteiger partial charge in [0, 0.05) is 46.1 Å². The summed E-state index contributed by atoms with van der Waals surface area (Å²) in [6.07, 6.45) is 12.0. The molecule has 148 valence electrons. The molecule has 3 rings (SSSR count). The monoisotopic (exact) mass is 364 g/mol. The van der Waals surface area contributed by atoms with Crippen molar-refractivity contribution in [3.05, 3.63) is 0 Å². The molecule has 0 N–H and O–H groups in total. The van der Waals surface area contributed by atoms with Crippen molar-refractivity contribution in [2.75, 3.05) is 39.9 Å². The molecule has 5 heteroatoms. The molecule has 0 atom stereocenters. The number of amides is 2. The Morgan fingerprint density at radius 1 is 1.08 bits per heavy atom. The summed E-state index contributed by atoms with van der Waals surface area (Å²) in [5.41, 5.74) is 0.263. The first-order valence-electron chi connectivity index (χ1n) is 10.7. The molecule has 5 nitrogen and oxygen atoms in total. The maximum absolute atomic E-state index is 12.7. The first kappa shape index (κ1) is 19.7. The van der Waals surface area contributed by atoms with Crippen LogP contribution in [0.3, 0.4) is 0 Å². The molecule has 0 aromatic rings. The molecule has 0 aromatic carbocycles. The van der Waals surface area contributed by atoms with Gasteiger partial charge < -0.3 is 14.5 Å². The van der Waals surface area contributed by atoms with Crippen LogP contribution in [0.15, 0.2) is 0 Å². The van der Waals surface area contributed by atoms with Crippen LogP contribution < -0.4 is 0 Å². The molecule has 2 amide bonds. The van der Waals surface area contributed by atoms with Crippen LogP contribution in [0.4, 0.5) is 0 Å². The fraction of sp³-hybridized carbons (Fsp3) is 0.905. The third-order valence-electron chi connectivity index (χ3n) is 7.06. The number of carbonyl (C=O) groups excluding carboxylic acids is 2. The second-order valence-corrected chi connectivity index (χ2v) is 8.71. The molecular formula is C21H36N2O3. The van der Waals surface area contributed by atoms with Gasteiger partial charge in [-0.15, -0.1) is 0 Å². The zero-order valence-electron chi connectivity index (χ0n) is 16.5. The zero-order valence-corrected chi connectivity index (χ0v) is 16.5. The number of piperidine rings is 1. The van der Waals surface area contributed by atoms with Gasteiger partial charge in [-0.3, -0.25) is 9.59 Å². The van der Waals surface area contributed by atoms with Gasteiger partial charge in [-0.25, -0.2) is 0 Å². The van der Waals surface area contributed by atoms with Crippen molar-refractivity contribution in [2.24, 2.45) is 11.3 Å². The SMILES string of the molecule is COCCN1CCC2(CCC1=O)CCN(C(=O)CC1CCCCC1)CC2. The van der Waals surface area contributed by atoms with Crippen LogP contribution in [-0.2, 0) is 14.3 Å². The minimum atomic E-state index is 0.263.